The van der Waals surface area contributed by atoms with E-state index in [1.54, 1.807) is 18.5 Å². The predicted octanol–water partition coefficient (Wildman–Crippen LogP) is 2.07. The number of aromatic nitrogens is 2. The number of halogens is 1. The number of nitrogen functional groups attached to an aromatic ring is 1. The number of thiazole rings is 1. The molecule has 0 bridgehead atoms. The Kier molecular flexibility index (Phi) is 2.74. The van der Waals surface area contributed by atoms with Crippen molar-refractivity contribution in [3.8, 4) is 0 Å². The molecule has 2 heterocycles. The van der Waals surface area contributed by atoms with Crippen molar-refractivity contribution in [3.05, 3.63) is 27.9 Å². The minimum absolute atomic E-state index is 0.256. The number of hydrogen-bond donors (Lipinski definition) is 3. The summed E-state index contributed by atoms with van der Waals surface area (Å²) >= 11 is 4.61. The third kappa shape index (κ3) is 2.37. The van der Waals surface area contributed by atoms with E-state index in [0.29, 0.717) is 16.5 Å². The minimum Gasteiger partial charge on any atom is -0.397 e. The monoisotopic (exact) mass is 286 g/mol. The van der Waals surface area contributed by atoms with Gasteiger partial charge in [0.05, 0.1) is 9.98 Å². The van der Waals surface area contributed by atoms with Crippen LogP contribution in [0.2, 0.25) is 0 Å². The van der Waals surface area contributed by atoms with E-state index in [4.69, 9.17) is 5.73 Å². The Balaban J connectivity index is 2.10. The molecule has 4 N–H and O–H groups in total. The molecule has 0 saturated heterocycles. The van der Waals surface area contributed by atoms with Crippen LogP contribution in [0.4, 0.5) is 10.8 Å². The highest BCUT2D eigenvalue weighted by Crippen LogP contribution is 2.23. The fraction of sp³-hybridized carbons (Fsp3) is 0. The van der Waals surface area contributed by atoms with E-state index in [-0.39, 0.29) is 5.91 Å². The van der Waals surface area contributed by atoms with Gasteiger partial charge in [-0.15, -0.1) is 0 Å². The lowest BCUT2D eigenvalue weighted by atomic mass is 10.4. The number of anilines is 2. The van der Waals surface area contributed by atoms with E-state index in [1.807, 2.05) is 0 Å². The van der Waals surface area contributed by atoms with Crippen molar-refractivity contribution in [3.63, 3.8) is 0 Å². The molecule has 0 saturated carbocycles. The van der Waals surface area contributed by atoms with Crippen LogP contribution in [0.1, 0.15) is 10.5 Å². The van der Waals surface area contributed by atoms with Gasteiger partial charge < -0.3 is 10.7 Å². The van der Waals surface area contributed by atoms with E-state index in [2.05, 4.69) is 31.2 Å². The number of carbonyl (C=O) groups is 1. The average Bonchev–Trinajstić information content (AvgIpc) is 2.75. The molecule has 0 radical (unpaired) electrons. The molecule has 0 aliphatic rings. The molecule has 2 aromatic heterocycles. The summed E-state index contributed by atoms with van der Waals surface area (Å²) in [6.07, 6.45) is 3.19. The first kappa shape index (κ1) is 10.2. The van der Waals surface area contributed by atoms with Crippen LogP contribution in [-0.4, -0.2) is 15.9 Å². The second kappa shape index (κ2) is 4.03. The number of nitrogens with two attached hydrogens (primary N) is 1. The van der Waals surface area contributed by atoms with Gasteiger partial charge in [-0.05, 0) is 22.0 Å². The maximum absolute atomic E-state index is 11.6. The molecule has 5 nitrogen and oxygen atoms in total. The zero-order valence-corrected chi connectivity index (χ0v) is 9.85. The lowest BCUT2D eigenvalue weighted by Crippen LogP contribution is -2.11. The summed E-state index contributed by atoms with van der Waals surface area (Å²) < 4.78 is 0.865. The topological polar surface area (TPSA) is 83.8 Å². The number of amides is 1. The Morgan fingerprint density at radius 1 is 1.67 bits per heavy atom. The zero-order valence-electron chi connectivity index (χ0n) is 7.45. The molecule has 0 aromatic carbocycles. The molecule has 1 amide bonds. The number of hydrogen-bond acceptors (Lipinski definition) is 4. The number of nitrogens with zero attached hydrogens (tertiary/aromatic N) is 1. The van der Waals surface area contributed by atoms with Gasteiger partial charge in [-0.25, -0.2) is 4.98 Å². The molecule has 0 fully saturated rings. The highest BCUT2D eigenvalue weighted by molar-refractivity contribution is 9.11. The number of H-pyrrole nitrogens is 1. The van der Waals surface area contributed by atoms with E-state index >= 15 is 0 Å². The van der Waals surface area contributed by atoms with Gasteiger partial charge in [0, 0.05) is 11.9 Å². The summed E-state index contributed by atoms with van der Waals surface area (Å²) in [5, 5.41) is 3.19. The zero-order chi connectivity index (χ0) is 10.8. The first-order valence-corrected chi connectivity index (χ1v) is 5.62. The fourth-order valence-electron chi connectivity index (χ4n) is 1.02. The molecule has 0 spiro atoms. The molecule has 0 aliphatic carbocycles. The van der Waals surface area contributed by atoms with Crippen LogP contribution in [0.3, 0.4) is 0 Å². The molecule has 2 rings (SSSR count). The first-order valence-electron chi connectivity index (χ1n) is 4.02. The molecule has 0 aliphatic heterocycles. The summed E-state index contributed by atoms with van der Waals surface area (Å²) in [5.74, 6) is -0.256. The molecular weight excluding hydrogens is 280 g/mol. The maximum atomic E-state index is 11.6. The van der Waals surface area contributed by atoms with E-state index < -0.39 is 0 Å². The molecule has 78 valence electrons. The lowest BCUT2D eigenvalue weighted by Gasteiger charge is -1.97. The second-order valence-corrected chi connectivity index (χ2v) is 5.18. The van der Waals surface area contributed by atoms with Crippen LogP contribution in [0.25, 0.3) is 0 Å². The maximum Gasteiger partial charge on any atom is 0.273 e. The van der Waals surface area contributed by atoms with E-state index in [1.165, 1.54) is 11.3 Å². The van der Waals surface area contributed by atoms with Crippen LogP contribution in [-0.2, 0) is 0 Å². The fourth-order valence-corrected chi connectivity index (χ4v) is 2.12. The van der Waals surface area contributed by atoms with Crippen molar-refractivity contribution >= 4 is 44.0 Å². The summed E-state index contributed by atoms with van der Waals surface area (Å²) in [4.78, 5) is 18.3. The van der Waals surface area contributed by atoms with Gasteiger partial charge in [0.25, 0.3) is 5.91 Å². The van der Waals surface area contributed by atoms with Crippen molar-refractivity contribution in [1.82, 2.24) is 9.97 Å². The standard InChI is InChI=1S/C8H7BrN4OS/c9-6-3-12-8(15-6)13-7(14)5-1-4(10)2-11-5/h1-3,11H,10H2,(H,12,13,14). The van der Waals surface area contributed by atoms with Crippen LogP contribution in [0.5, 0.6) is 0 Å². The number of nitrogens with one attached hydrogen (secondary N) is 2. The first-order chi connectivity index (χ1) is 7.15. The van der Waals surface area contributed by atoms with Crippen molar-refractivity contribution in [2.24, 2.45) is 0 Å². The SMILES string of the molecule is Nc1c[nH]c(C(=O)Nc2ncc(Br)s2)c1. The summed E-state index contributed by atoms with van der Waals surface area (Å²) in [6, 6.07) is 1.57. The molecule has 7 heteroatoms. The van der Waals surface area contributed by atoms with Crippen molar-refractivity contribution in [1.29, 1.82) is 0 Å². The van der Waals surface area contributed by atoms with Crippen LogP contribution < -0.4 is 11.1 Å². The Hall–Kier alpha value is -1.34. The number of aromatic amines is 1. The summed E-state index contributed by atoms with van der Waals surface area (Å²) in [7, 11) is 0. The Morgan fingerprint density at radius 2 is 2.47 bits per heavy atom. The van der Waals surface area contributed by atoms with Gasteiger partial charge in [0.15, 0.2) is 5.13 Å². The Bertz CT molecular complexity index is 492. The van der Waals surface area contributed by atoms with Gasteiger partial charge in [0.1, 0.15) is 5.69 Å². The normalized spacial score (nSPS) is 10.2. The average molecular weight is 287 g/mol. The molecule has 15 heavy (non-hydrogen) atoms. The molecule has 2 aromatic rings. The van der Waals surface area contributed by atoms with Crippen molar-refractivity contribution in [2.75, 3.05) is 11.1 Å². The number of rotatable bonds is 2. The van der Waals surface area contributed by atoms with Gasteiger partial charge >= 0.3 is 0 Å². The van der Waals surface area contributed by atoms with E-state index in [9.17, 15) is 4.79 Å². The van der Waals surface area contributed by atoms with Crippen molar-refractivity contribution < 1.29 is 4.79 Å². The number of carbonyl (C=O) groups excluding carboxylic acids is 1. The van der Waals surface area contributed by atoms with E-state index in [0.717, 1.165) is 3.79 Å². The predicted molar refractivity (Wildman–Crippen MR) is 63.0 cm³/mol. The van der Waals surface area contributed by atoms with Gasteiger partial charge in [-0.2, -0.15) is 0 Å². The van der Waals surface area contributed by atoms with Gasteiger partial charge in [-0.3, -0.25) is 10.1 Å². The Labute approximate surface area is 97.8 Å². The second-order valence-electron chi connectivity index (χ2n) is 2.77. The van der Waals surface area contributed by atoms with Gasteiger partial charge in [-0.1, -0.05) is 11.3 Å². The van der Waals surface area contributed by atoms with Crippen LogP contribution in [0.15, 0.2) is 22.2 Å². The largest absolute Gasteiger partial charge is 0.397 e. The smallest absolute Gasteiger partial charge is 0.273 e. The van der Waals surface area contributed by atoms with Crippen molar-refractivity contribution in [2.45, 2.75) is 0 Å². The third-order valence-electron chi connectivity index (χ3n) is 1.65. The van der Waals surface area contributed by atoms with Gasteiger partial charge in [0.2, 0.25) is 0 Å². The molecule has 0 atom stereocenters. The highest BCUT2D eigenvalue weighted by Gasteiger charge is 2.09. The molecular formula is C8H7BrN4OS. The quantitative estimate of drug-likeness (QED) is 0.790. The lowest BCUT2D eigenvalue weighted by molar-refractivity contribution is 0.102. The highest BCUT2D eigenvalue weighted by atomic mass is 79.9. The van der Waals surface area contributed by atoms with Crippen LogP contribution in [0, 0.1) is 0 Å². The summed E-state index contributed by atoms with van der Waals surface area (Å²) in [5.41, 5.74) is 6.43. The minimum atomic E-state index is -0.256. The summed E-state index contributed by atoms with van der Waals surface area (Å²) in [6.45, 7) is 0. The van der Waals surface area contributed by atoms with Crippen LogP contribution >= 0.6 is 27.3 Å². The molecule has 0 unspecified atom stereocenters. The Morgan fingerprint density at radius 3 is 3.00 bits per heavy atom. The third-order valence-corrected chi connectivity index (χ3v) is 3.04.